The van der Waals surface area contributed by atoms with Gasteiger partial charge in [-0.1, -0.05) is 6.42 Å². The average molecular weight is 204 g/mol. The second-order valence-corrected chi connectivity index (χ2v) is 4.94. The van der Waals surface area contributed by atoms with Gasteiger partial charge in [0.25, 0.3) is 0 Å². The van der Waals surface area contributed by atoms with Gasteiger partial charge in [-0.2, -0.15) is 0 Å². The molecule has 1 aliphatic carbocycles. The van der Waals surface area contributed by atoms with Gasteiger partial charge in [-0.3, -0.25) is 0 Å². The molecule has 2 aromatic heterocycles. The number of aryl methyl sites for hydroxylation is 2. The van der Waals surface area contributed by atoms with Gasteiger partial charge in [-0.15, -0.1) is 11.3 Å². The fourth-order valence-corrected chi connectivity index (χ4v) is 3.39. The van der Waals surface area contributed by atoms with Gasteiger partial charge in [-0.25, -0.2) is 9.97 Å². The van der Waals surface area contributed by atoms with Crippen LogP contribution in [0.4, 0.5) is 0 Å². The van der Waals surface area contributed by atoms with Crippen molar-refractivity contribution >= 4 is 21.6 Å². The summed E-state index contributed by atoms with van der Waals surface area (Å²) < 4.78 is 1.26. The molecule has 0 unspecified atom stereocenters. The minimum Gasteiger partial charge on any atom is -0.243 e. The fraction of sp³-hybridized carbons (Fsp3) is 0.455. The van der Waals surface area contributed by atoms with E-state index in [0.717, 1.165) is 0 Å². The predicted molar refractivity (Wildman–Crippen MR) is 58.7 cm³/mol. The summed E-state index contributed by atoms with van der Waals surface area (Å²) in [6.45, 7) is 0. The number of fused-ring (bicyclic) bond motifs is 3. The van der Waals surface area contributed by atoms with E-state index in [9.17, 15) is 0 Å². The Bertz CT molecular complexity index is 461. The van der Waals surface area contributed by atoms with Gasteiger partial charge in [0.05, 0.1) is 10.2 Å². The Morgan fingerprint density at radius 3 is 3.07 bits per heavy atom. The van der Waals surface area contributed by atoms with Gasteiger partial charge in [-0.05, 0) is 31.2 Å². The zero-order valence-electron chi connectivity index (χ0n) is 7.99. The van der Waals surface area contributed by atoms with E-state index in [1.165, 1.54) is 47.9 Å². The molecular formula is C11H12N2S. The quantitative estimate of drug-likeness (QED) is 0.616. The van der Waals surface area contributed by atoms with Crippen molar-refractivity contribution in [3.8, 4) is 0 Å². The molecule has 0 aromatic carbocycles. The van der Waals surface area contributed by atoms with E-state index in [2.05, 4.69) is 9.97 Å². The molecule has 0 aliphatic heterocycles. The molecule has 2 heterocycles. The largest absolute Gasteiger partial charge is 0.243 e. The second kappa shape index (κ2) is 3.31. The molecule has 0 atom stereocenters. The second-order valence-electron chi connectivity index (χ2n) is 3.80. The molecule has 2 nitrogen and oxygen atoms in total. The van der Waals surface area contributed by atoms with E-state index in [4.69, 9.17) is 0 Å². The van der Waals surface area contributed by atoms with Crippen molar-refractivity contribution in [3.63, 3.8) is 0 Å². The third-order valence-corrected chi connectivity index (χ3v) is 4.08. The van der Waals surface area contributed by atoms with Gasteiger partial charge < -0.3 is 0 Å². The Morgan fingerprint density at radius 1 is 1.14 bits per heavy atom. The van der Waals surface area contributed by atoms with E-state index >= 15 is 0 Å². The summed E-state index contributed by atoms with van der Waals surface area (Å²) in [5.74, 6) is 0. The molecule has 0 fully saturated rings. The van der Waals surface area contributed by atoms with Crippen LogP contribution in [0.2, 0.25) is 0 Å². The van der Waals surface area contributed by atoms with Crippen molar-refractivity contribution < 1.29 is 0 Å². The summed E-state index contributed by atoms with van der Waals surface area (Å²) >= 11 is 1.89. The molecule has 2 aromatic rings. The lowest BCUT2D eigenvalue weighted by Crippen LogP contribution is -1.86. The van der Waals surface area contributed by atoms with Crippen LogP contribution in [-0.4, -0.2) is 9.97 Å². The Labute approximate surface area is 87.0 Å². The van der Waals surface area contributed by atoms with E-state index in [0.29, 0.717) is 0 Å². The zero-order valence-corrected chi connectivity index (χ0v) is 8.81. The topological polar surface area (TPSA) is 25.8 Å². The Hall–Kier alpha value is -0.960. The maximum atomic E-state index is 4.40. The number of thiophene rings is 1. The van der Waals surface area contributed by atoms with Crippen LogP contribution < -0.4 is 0 Å². The van der Waals surface area contributed by atoms with Crippen molar-refractivity contribution in [3.05, 3.63) is 23.0 Å². The van der Waals surface area contributed by atoms with Crippen LogP contribution in [-0.2, 0) is 12.8 Å². The van der Waals surface area contributed by atoms with Crippen LogP contribution in [0, 0.1) is 0 Å². The summed E-state index contributed by atoms with van der Waals surface area (Å²) in [6, 6.07) is 0. The Balaban J connectivity index is 2.24. The van der Waals surface area contributed by atoms with Crippen molar-refractivity contribution in [1.29, 1.82) is 0 Å². The summed E-state index contributed by atoms with van der Waals surface area (Å²) in [5.41, 5.74) is 2.71. The average Bonchev–Trinajstić information content (AvgIpc) is 2.42. The molecule has 14 heavy (non-hydrogen) atoms. The SMILES string of the molecule is c1ncc2sc3c(c2n1)CCCCC3. The number of aromatic nitrogens is 2. The maximum absolute atomic E-state index is 4.40. The molecule has 0 bridgehead atoms. The highest BCUT2D eigenvalue weighted by atomic mass is 32.1. The van der Waals surface area contributed by atoms with Gasteiger partial charge in [0, 0.05) is 11.1 Å². The first kappa shape index (κ1) is 8.36. The highest BCUT2D eigenvalue weighted by molar-refractivity contribution is 7.19. The zero-order chi connectivity index (χ0) is 9.38. The van der Waals surface area contributed by atoms with Crippen molar-refractivity contribution in [2.45, 2.75) is 32.1 Å². The van der Waals surface area contributed by atoms with Crippen molar-refractivity contribution in [1.82, 2.24) is 9.97 Å². The fourth-order valence-electron chi connectivity index (χ4n) is 2.17. The minimum atomic E-state index is 1.21. The molecule has 3 rings (SSSR count). The van der Waals surface area contributed by atoms with E-state index in [1.807, 2.05) is 17.5 Å². The van der Waals surface area contributed by atoms with Crippen LogP contribution in [0.1, 0.15) is 29.7 Å². The van der Waals surface area contributed by atoms with Gasteiger partial charge in [0.1, 0.15) is 6.33 Å². The number of hydrogen-bond acceptors (Lipinski definition) is 3. The first-order valence-corrected chi connectivity index (χ1v) is 5.97. The maximum Gasteiger partial charge on any atom is 0.116 e. The Kier molecular flexibility index (Phi) is 1.98. The molecule has 0 N–H and O–H groups in total. The molecule has 1 aliphatic rings. The normalized spacial score (nSPS) is 16.6. The molecular weight excluding hydrogens is 192 g/mol. The summed E-state index contributed by atoms with van der Waals surface area (Å²) in [4.78, 5) is 10.0. The molecule has 72 valence electrons. The first-order chi connectivity index (χ1) is 6.95. The van der Waals surface area contributed by atoms with Crippen LogP contribution in [0.25, 0.3) is 10.2 Å². The van der Waals surface area contributed by atoms with Crippen molar-refractivity contribution in [2.75, 3.05) is 0 Å². The molecule has 0 radical (unpaired) electrons. The highest BCUT2D eigenvalue weighted by Gasteiger charge is 2.15. The van der Waals surface area contributed by atoms with Crippen LogP contribution in [0.3, 0.4) is 0 Å². The van der Waals surface area contributed by atoms with Crippen LogP contribution in [0.5, 0.6) is 0 Å². The smallest absolute Gasteiger partial charge is 0.116 e. The number of hydrogen-bond donors (Lipinski definition) is 0. The van der Waals surface area contributed by atoms with E-state index < -0.39 is 0 Å². The molecule has 0 spiro atoms. The van der Waals surface area contributed by atoms with Gasteiger partial charge in [0.15, 0.2) is 0 Å². The third kappa shape index (κ3) is 1.23. The van der Waals surface area contributed by atoms with Crippen LogP contribution >= 0.6 is 11.3 Å². The van der Waals surface area contributed by atoms with Gasteiger partial charge >= 0.3 is 0 Å². The number of nitrogens with zero attached hydrogens (tertiary/aromatic N) is 2. The standard InChI is InChI=1S/C11H12N2S/c1-2-4-8-9(5-3-1)14-10-6-12-7-13-11(8)10/h6-7H,1-5H2. The summed E-state index contributed by atoms with van der Waals surface area (Å²) in [7, 11) is 0. The van der Waals surface area contributed by atoms with E-state index in [1.54, 1.807) is 11.2 Å². The lowest BCUT2D eigenvalue weighted by atomic mass is 10.1. The molecule has 0 saturated carbocycles. The Morgan fingerprint density at radius 2 is 2.07 bits per heavy atom. The van der Waals surface area contributed by atoms with Crippen LogP contribution in [0.15, 0.2) is 12.5 Å². The van der Waals surface area contributed by atoms with Crippen molar-refractivity contribution in [2.24, 2.45) is 0 Å². The first-order valence-electron chi connectivity index (χ1n) is 5.15. The molecule has 3 heteroatoms. The molecule has 0 amide bonds. The number of rotatable bonds is 0. The monoisotopic (exact) mass is 204 g/mol. The molecule has 0 saturated heterocycles. The minimum absolute atomic E-state index is 1.21. The predicted octanol–water partition coefficient (Wildman–Crippen LogP) is 2.96. The highest BCUT2D eigenvalue weighted by Crippen LogP contribution is 2.33. The lowest BCUT2D eigenvalue weighted by molar-refractivity contribution is 0.713. The summed E-state index contributed by atoms with van der Waals surface area (Å²) in [5, 5.41) is 0. The van der Waals surface area contributed by atoms with E-state index in [-0.39, 0.29) is 0 Å². The third-order valence-electron chi connectivity index (χ3n) is 2.86. The van der Waals surface area contributed by atoms with Gasteiger partial charge in [0.2, 0.25) is 0 Å². The summed E-state index contributed by atoms with van der Waals surface area (Å²) in [6.07, 6.45) is 10.1. The lowest BCUT2D eigenvalue weighted by Gasteiger charge is -1.95.